The summed E-state index contributed by atoms with van der Waals surface area (Å²) in [7, 11) is 0. The molecule has 0 spiro atoms. The first kappa shape index (κ1) is 25.0. The number of carboxylic acid groups (broad SMARTS) is 2. The van der Waals surface area contributed by atoms with Crippen LogP contribution in [-0.2, 0) is 14.4 Å². The van der Waals surface area contributed by atoms with E-state index >= 15 is 0 Å². The fourth-order valence-electron chi connectivity index (χ4n) is 2.82. The molecule has 29 heavy (non-hydrogen) atoms. The second kappa shape index (κ2) is 14.9. The van der Waals surface area contributed by atoms with E-state index < -0.39 is 17.9 Å². The molecule has 0 aromatic heterocycles. The van der Waals surface area contributed by atoms with Crippen LogP contribution in [-0.4, -0.2) is 33.8 Å². The van der Waals surface area contributed by atoms with Gasteiger partial charge in [0.15, 0.2) is 0 Å². The minimum Gasteiger partial charge on any atom is -0.481 e. The summed E-state index contributed by atoms with van der Waals surface area (Å²) in [5.74, 6) is -1.55. The van der Waals surface area contributed by atoms with Crippen LogP contribution in [0.4, 0.5) is 5.69 Å². The molecule has 1 atom stereocenters. The van der Waals surface area contributed by atoms with E-state index in [4.69, 9.17) is 10.2 Å². The number of rotatable bonds is 16. The highest BCUT2D eigenvalue weighted by Crippen LogP contribution is 2.28. The Labute approximate surface area is 177 Å². The maximum absolute atomic E-state index is 12.2. The lowest BCUT2D eigenvalue weighted by Crippen LogP contribution is -2.13. The van der Waals surface area contributed by atoms with Crippen molar-refractivity contribution in [3.8, 4) is 0 Å². The second-order valence-electron chi connectivity index (χ2n) is 7.32. The molecule has 0 heterocycles. The third-order valence-corrected chi connectivity index (χ3v) is 5.95. The molecule has 1 rings (SSSR count). The Balaban J connectivity index is 2.19. The van der Waals surface area contributed by atoms with Crippen LogP contribution in [0.5, 0.6) is 0 Å². The van der Waals surface area contributed by atoms with Gasteiger partial charge in [0.2, 0.25) is 5.91 Å². The Bertz CT molecular complexity index is 650. The summed E-state index contributed by atoms with van der Waals surface area (Å²) in [5.41, 5.74) is 0.737. The second-order valence-corrected chi connectivity index (χ2v) is 8.38. The molecule has 1 aromatic rings. The summed E-state index contributed by atoms with van der Waals surface area (Å²) < 4.78 is 0. The quantitative estimate of drug-likeness (QED) is 0.242. The molecule has 0 bridgehead atoms. The number of unbranched alkanes of at least 4 members (excludes halogenated alkanes) is 7. The van der Waals surface area contributed by atoms with Crippen LogP contribution in [0.15, 0.2) is 29.2 Å². The number of amides is 1. The van der Waals surface area contributed by atoms with Crippen LogP contribution in [0.1, 0.15) is 71.1 Å². The van der Waals surface area contributed by atoms with E-state index in [9.17, 15) is 14.4 Å². The van der Waals surface area contributed by atoms with Gasteiger partial charge in [-0.2, -0.15) is 0 Å². The van der Waals surface area contributed by atoms with Crippen molar-refractivity contribution in [3.05, 3.63) is 24.3 Å². The van der Waals surface area contributed by atoms with Gasteiger partial charge < -0.3 is 15.5 Å². The number of hydrogen-bond acceptors (Lipinski definition) is 4. The number of anilines is 1. The van der Waals surface area contributed by atoms with Gasteiger partial charge in [0.05, 0.1) is 11.6 Å². The largest absolute Gasteiger partial charge is 0.481 e. The number of carbonyl (C=O) groups excluding carboxylic acids is 1. The van der Waals surface area contributed by atoms with E-state index in [0.717, 1.165) is 61.9 Å². The minimum absolute atomic E-state index is 0.0157. The monoisotopic (exact) mass is 423 g/mol. The van der Waals surface area contributed by atoms with Gasteiger partial charge in [-0.15, -0.1) is 11.8 Å². The number of para-hydroxylation sites is 1. The van der Waals surface area contributed by atoms with Crippen molar-refractivity contribution in [2.24, 2.45) is 5.92 Å². The van der Waals surface area contributed by atoms with Crippen LogP contribution in [0.2, 0.25) is 0 Å². The van der Waals surface area contributed by atoms with Gasteiger partial charge in [-0.05, 0) is 25.0 Å². The Morgan fingerprint density at radius 2 is 1.45 bits per heavy atom. The molecular formula is C22H33NO5S. The highest BCUT2D eigenvalue weighted by Gasteiger charge is 2.13. The molecule has 0 aliphatic carbocycles. The van der Waals surface area contributed by atoms with Crippen LogP contribution < -0.4 is 5.32 Å². The molecule has 6 nitrogen and oxygen atoms in total. The van der Waals surface area contributed by atoms with Gasteiger partial charge in [0.25, 0.3) is 0 Å². The van der Waals surface area contributed by atoms with Crippen LogP contribution in [0.25, 0.3) is 0 Å². The van der Waals surface area contributed by atoms with E-state index in [1.807, 2.05) is 24.3 Å². The lowest BCUT2D eigenvalue weighted by Gasteiger charge is -2.12. The lowest BCUT2D eigenvalue weighted by atomic mass is 10.1. The summed E-state index contributed by atoms with van der Waals surface area (Å²) in [4.78, 5) is 34.5. The van der Waals surface area contributed by atoms with Gasteiger partial charge in [0.1, 0.15) is 0 Å². The van der Waals surface area contributed by atoms with Crippen LogP contribution in [0, 0.1) is 5.92 Å². The molecule has 162 valence electrons. The molecule has 1 aromatic carbocycles. The number of benzene rings is 1. The number of aliphatic carboxylic acids is 2. The minimum atomic E-state index is -0.820. The Morgan fingerprint density at radius 1 is 0.897 bits per heavy atom. The maximum atomic E-state index is 12.2. The van der Waals surface area contributed by atoms with Gasteiger partial charge in [0, 0.05) is 23.5 Å². The first-order chi connectivity index (χ1) is 13.9. The van der Waals surface area contributed by atoms with Gasteiger partial charge in [-0.25, -0.2) is 0 Å². The maximum Gasteiger partial charge on any atom is 0.307 e. The molecule has 0 saturated carbocycles. The van der Waals surface area contributed by atoms with E-state index in [-0.39, 0.29) is 12.3 Å². The normalized spacial score (nSPS) is 11.8. The topological polar surface area (TPSA) is 104 Å². The average molecular weight is 424 g/mol. The summed E-state index contributed by atoms with van der Waals surface area (Å²) in [6.07, 6.45) is 8.71. The summed E-state index contributed by atoms with van der Waals surface area (Å²) in [5, 5.41) is 20.5. The molecule has 0 saturated heterocycles. The molecular weight excluding hydrogens is 390 g/mol. The van der Waals surface area contributed by atoms with Gasteiger partial charge >= 0.3 is 11.9 Å². The Hall–Kier alpha value is -2.02. The Morgan fingerprint density at radius 3 is 2.03 bits per heavy atom. The highest BCUT2D eigenvalue weighted by molar-refractivity contribution is 7.99. The standard InChI is InChI=1S/C22H33NO5S/c1-17(22(27)28)16-29-19-13-11-10-12-18(19)23-20(24)14-8-6-4-2-3-5-7-9-15-21(25)26/h10-13,17H,2-9,14-16H2,1H3,(H,23,24)(H,25,26)(H,27,28). The molecule has 1 unspecified atom stereocenters. The fourth-order valence-corrected chi connectivity index (χ4v) is 3.84. The van der Waals surface area contributed by atoms with Crippen molar-refractivity contribution in [3.63, 3.8) is 0 Å². The van der Waals surface area contributed by atoms with Crippen molar-refractivity contribution < 1.29 is 24.6 Å². The molecule has 0 aliphatic rings. The van der Waals surface area contributed by atoms with Gasteiger partial charge in [-0.3, -0.25) is 14.4 Å². The number of thioether (sulfide) groups is 1. The van der Waals surface area contributed by atoms with Gasteiger partial charge in [-0.1, -0.05) is 57.6 Å². The van der Waals surface area contributed by atoms with Crippen LogP contribution >= 0.6 is 11.8 Å². The van der Waals surface area contributed by atoms with Crippen molar-refractivity contribution in [1.82, 2.24) is 0 Å². The van der Waals surface area contributed by atoms with E-state index in [2.05, 4.69) is 5.32 Å². The average Bonchev–Trinajstić information content (AvgIpc) is 2.68. The number of hydrogen-bond donors (Lipinski definition) is 3. The third-order valence-electron chi connectivity index (χ3n) is 4.62. The zero-order valence-electron chi connectivity index (χ0n) is 17.2. The predicted octanol–water partition coefficient (Wildman–Crippen LogP) is 5.42. The number of nitrogens with one attached hydrogen (secondary N) is 1. The lowest BCUT2D eigenvalue weighted by molar-refractivity contribution is -0.140. The van der Waals surface area contributed by atoms with Crippen LogP contribution in [0.3, 0.4) is 0 Å². The van der Waals surface area contributed by atoms with E-state index in [1.54, 1.807) is 6.92 Å². The first-order valence-electron chi connectivity index (χ1n) is 10.4. The molecule has 0 fully saturated rings. The molecule has 1 amide bonds. The third kappa shape index (κ3) is 12.2. The Kier molecular flexibility index (Phi) is 12.9. The highest BCUT2D eigenvalue weighted by atomic mass is 32.2. The van der Waals surface area contributed by atoms with E-state index in [1.165, 1.54) is 11.8 Å². The van der Waals surface area contributed by atoms with Crippen molar-refractivity contribution in [2.45, 2.75) is 76.0 Å². The zero-order valence-corrected chi connectivity index (χ0v) is 18.0. The first-order valence-corrected chi connectivity index (χ1v) is 11.3. The van der Waals surface area contributed by atoms with Crippen molar-refractivity contribution >= 4 is 35.3 Å². The summed E-state index contributed by atoms with van der Waals surface area (Å²) in [6, 6.07) is 7.48. The zero-order chi connectivity index (χ0) is 21.5. The van der Waals surface area contributed by atoms with E-state index in [0.29, 0.717) is 12.2 Å². The number of carbonyl (C=O) groups is 3. The molecule has 0 radical (unpaired) electrons. The predicted molar refractivity (Wildman–Crippen MR) is 116 cm³/mol. The molecule has 3 N–H and O–H groups in total. The fraction of sp³-hybridized carbons (Fsp3) is 0.591. The SMILES string of the molecule is CC(CSc1ccccc1NC(=O)CCCCCCCCCCC(=O)O)C(=O)O. The number of carboxylic acids is 2. The smallest absolute Gasteiger partial charge is 0.307 e. The summed E-state index contributed by atoms with van der Waals surface area (Å²) >= 11 is 1.44. The van der Waals surface area contributed by atoms with Crippen molar-refractivity contribution in [2.75, 3.05) is 11.1 Å². The van der Waals surface area contributed by atoms with Crippen molar-refractivity contribution in [1.29, 1.82) is 0 Å². The summed E-state index contributed by atoms with van der Waals surface area (Å²) in [6.45, 7) is 1.67. The molecule has 7 heteroatoms. The molecule has 0 aliphatic heterocycles.